The van der Waals surface area contributed by atoms with Crippen LogP contribution in [0.4, 0.5) is 5.69 Å². The van der Waals surface area contributed by atoms with Gasteiger partial charge in [-0.1, -0.05) is 6.07 Å². The molecule has 0 radical (unpaired) electrons. The van der Waals surface area contributed by atoms with Crippen LogP contribution in [0.5, 0.6) is 11.5 Å². The van der Waals surface area contributed by atoms with Crippen LogP contribution in [0.2, 0.25) is 0 Å². The summed E-state index contributed by atoms with van der Waals surface area (Å²) in [5.74, 6) is 1.13. The number of carbonyl (C=O) groups excluding carboxylic acids is 1. The highest BCUT2D eigenvalue weighted by Gasteiger charge is 2.25. The molecule has 29 heavy (non-hydrogen) atoms. The van der Waals surface area contributed by atoms with Crippen molar-refractivity contribution < 1.29 is 23.9 Å². The Morgan fingerprint density at radius 1 is 1.10 bits per heavy atom. The Morgan fingerprint density at radius 3 is 2.55 bits per heavy atom. The lowest BCUT2D eigenvalue weighted by Crippen LogP contribution is -2.43. The summed E-state index contributed by atoms with van der Waals surface area (Å²) in [6.07, 6.45) is 0. The van der Waals surface area contributed by atoms with Crippen LogP contribution in [0, 0.1) is 10.1 Å². The molecule has 1 N–H and O–H groups in total. The summed E-state index contributed by atoms with van der Waals surface area (Å²) in [6.45, 7) is 3.38. The second-order valence-corrected chi connectivity index (χ2v) is 6.79. The van der Waals surface area contributed by atoms with Crippen LogP contribution in [0.15, 0.2) is 42.5 Å². The zero-order valence-corrected chi connectivity index (χ0v) is 15.7. The first-order valence-corrected chi connectivity index (χ1v) is 9.36. The van der Waals surface area contributed by atoms with E-state index in [1.807, 2.05) is 18.2 Å². The minimum atomic E-state index is -0.490. The highest BCUT2D eigenvalue weighted by molar-refractivity contribution is 5.94. The van der Waals surface area contributed by atoms with Crippen molar-refractivity contribution in [2.75, 3.05) is 39.6 Å². The molecule has 0 aromatic heterocycles. The molecule has 2 aromatic carbocycles. The molecule has 9 nitrogen and oxygen atoms in total. The first kappa shape index (κ1) is 19.2. The predicted octanol–water partition coefficient (Wildman–Crippen LogP) is 2.13. The molecule has 0 spiro atoms. The number of hydrogen-bond acceptors (Lipinski definition) is 7. The van der Waals surface area contributed by atoms with Gasteiger partial charge in [-0.3, -0.25) is 19.8 Å². The summed E-state index contributed by atoms with van der Waals surface area (Å²) in [5, 5.41) is 13.7. The van der Waals surface area contributed by atoms with Crippen molar-refractivity contribution >= 4 is 11.6 Å². The fourth-order valence-electron chi connectivity index (χ4n) is 3.49. The van der Waals surface area contributed by atoms with E-state index in [0.29, 0.717) is 36.8 Å². The van der Waals surface area contributed by atoms with Crippen LogP contribution in [-0.2, 0) is 4.74 Å². The van der Waals surface area contributed by atoms with Gasteiger partial charge in [-0.15, -0.1) is 0 Å². The van der Waals surface area contributed by atoms with Crippen LogP contribution in [0.25, 0.3) is 0 Å². The summed E-state index contributed by atoms with van der Waals surface area (Å²) < 4.78 is 16.3. The van der Waals surface area contributed by atoms with Crippen molar-refractivity contribution in [3.8, 4) is 11.5 Å². The standard InChI is InChI=1S/C20H21N3O6/c24-20(14-1-4-16(5-2-14)23(25)26)21-12-17(22-7-9-27-10-8-22)15-3-6-18-19(11-15)29-13-28-18/h1-6,11,17H,7-10,12-13H2,(H,21,24)/t17-/m0/s1. The number of fused-ring (bicyclic) bond motifs is 1. The minimum Gasteiger partial charge on any atom is -0.454 e. The third kappa shape index (κ3) is 4.30. The van der Waals surface area contributed by atoms with E-state index in [4.69, 9.17) is 14.2 Å². The average Bonchev–Trinajstić information content (AvgIpc) is 3.22. The molecule has 2 heterocycles. The summed E-state index contributed by atoms with van der Waals surface area (Å²) in [6, 6.07) is 11.3. The number of nitrogens with zero attached hydrogens (tertiary/aromatic N) is 2. The van der Waals surface area contributed by atoms with Gasteiger partial charge in [0.25, 0.3) is 11.6 Å². The van der Waals surface area contributed by atoms with Crippen LogP contribution in [0.3, 0.4) is 0 Å². The van der Waals surface area contributed by atoms with Gasteiger partial charge in [0.2, 0.25) is 6.79 Å². The van der Waals surface area contributed by atoms with Crippen LogP contribution >= 0.6 is 0 Å². The topological polar surface area (TPSA) is 103 Å². The highest BCUT2D eigenvalue weighted by atomic mass is 16.7. The second kappa shape index (κ2) is 8.46. The second-order valence-electron chi connectivity index (χ2n) is 6.79. The maximum absolute atomic E-state index is 12.6. The van der Waals surface area contributed by atoms with Crippen LogP contribution in [0.1, 0.15) is 22.0 Å². The Hall–Kier alpha value is -3.17. The van der Waals surface area contributed by atoms with Crippen LogP contribution in [-0.4, -0.2) is 55.4 Å². The van der Waals surface area contributed by atoms with Gasteiger partial charge >= 0.3 is 0 Å². The third-order valence-electron chi connectivity index (χ3n) is 5.06. The molecule has 0 saturated carbocycles. The number of carbonyl (C=O) groups is 1. The molecule has 0 bridgehead atoms. The zero-order valence-electron chi connectivity index (χ0n) is 15.7. The number of rotatable bonds is 6. The molecule has 2 aromatic rings. The molecule has 152 valence electrons. The van der Waals surface area contributed by atoms with E-state index < -0.39 is 4.92 Å². The molecule has 2 aliphatic heterocycles. The average molecular weight is 399 g/mol. The Bertz CT molecular complexity index is 896. The third-order valence-corrected chi connectivity index (χ3v) is 5.06. The molecular weight excluding hydrogens is 378 g/mol. The SMILES string of the molecule is O=C(NC[C@@H](c1ccc2c(c1)OCO2)N1CCOCC1)c1ccc([N+](=O)[O-])cc1. The van der Waals surface area contributed by atoms with Crippen molar-refractivity contribution in [3.63, 3.8) is 0 Å². The number of benzene rings is 2. The Balaban J connectivity index is 1.49. The minimum absolute atomic E-state index is 0.0481. The fraction of sp³-hybridized carbons (Fsp3) is 0.350. The number of ether oxygens (including phenoxy) is 3. The molecule has 0 aliphatic carbocycles. The number of amides is 1. The number of hydrogen-bond donors (Lipinski definition) is 1. The van der Waals surface area contributed by atoms with Crippen molar-refractivity contribution in [2.45, 2.75) is 6.04 Å². The van der Waals surface area contributed by atoms with Crippen LogP contribution < -0.4 is 14.8 Å². The first-order valence-electron chi connectivity index (χ1n) is 9.36. The van der Waals surface area contributed by atoms with Crippen molar-refractivity contribution in [1.82, 2.24) is 10.2 Å². The predicted molar refractivity (Wildman–Crippen MR) is 103 cm³/mol. The summed E-state index contributed by atoms with van der Waals surface area (Å²) in [5.41, 5.74) is 1.34. The lowest BCUT2D eigenvalue weighted by Gasteiger charge is -2.35. The number of morpholine rings is 1. The van der Waals surface area contributed by atoms with E-state index in [1.165, 1.54) is 24.3 Å². The summed E-state index contributed by atoms with van der Waals surface area (Å²) >= 11 is 0. The van der Waals surface area contributed by atoms with E-state index in [1.54, 1.807) is 0 Å². The Kier molecular flexibility index (Phi) is 5.59. The van der Waals surface area contributed by atoms with Gasteiger partial charge in [0, 0.05) is 37.3 Å². The molecule has 1 fully saturated rings. The van der Waals surface area contributed by atoms with Gasteiger partial charge in [-0.05, 0) is 29.8 Å². The molecule has 9 heteroatoms. The van der Waals surface area contributed by atoms with Crippen molar-refractivity contribution in [1.29, 1.82) is 0 Å². The van der Waals surface area contributed by atoms with E-state index in [9.17, 15) is 14.9 Å². The van der Waals surface area contributed by atoms with Gasteiger partial charge in [-0.25, -0.2) is 0 Å². The zero-order chi connectivity index (χ0) is 20.2. The summed E-state index contributed by atoms with van der Waals surface area (Å²) in [4.78, 5) is 25.1. The smallest absolute Gasteiger partial charge is 0.269 e. The van der Waals surface area contributed by atoms with E-state index >= 15 is 0 Å². The molecule has 1 amide bonds. The lowest BCUT2D eigenvalue weighted by molar-refractivity contribution is -0.384. The number of nitrogens with one attached hydrogen (secondary N) is 1. The quantitative estimate of drug-likeness (QED) is 0.586. The molecule has 0 unspecified atom stereocenters. The van der Waals surface area contributed by atoms with Crippen molar-refractivity contribution in [2.24, 2.45) is 0 Å². The molecular formula is C20H21N3O6. The van der Waals surface area contributed by atoms with Gasteiger partial charge in [0.1, 0.15) is 0 Å². The Morgan fingerprint density at radius 2 is 1.83 bits per heavy atom. The number of nitro groups is 1. The normalized spacial score (nSPS) is 17.0. The fourth-order valence-corrected chi connectivity index (χ4v) is 3.49. The number of nitro benzene ring substituents is 1. The molecule has 1 saturated heterocycles. The summed E-state index contributed by atoms with van der Waals surface area (Å²) in [7, 11) is 0. The van der Waals surface area contributed by atoms with Crippen molar-refractivity contribution in [3.05, 3.63) is 63.7 Å². The monoisotopic (exact) mass is 399 g/mol. The lowest BCUT2D eigenvalue weighted by atomic mass is 10.0. The van der Waals surface area contributed by atoms with Gasteiger partial charge in [-0.2, -0.15) is 0 Å². The van der Waals surface area contributed by atoms with Gasteiger partial charge < -0.3 is 19.5 Å². The van der Waals surface area contributed by atoms with Gasteiger partial charge in [0.15, 0.2) is 11.5 Å². The number of non-ortho nitro benzene ring substituents is 1. The van der Waals surface area contributed by atoms with E-state index in [2.05, 4.69) is 10.2 Å². The molecule has 2 aliphatic rings. The molecule has 4 rings (SSSR count). The van der Waals surface area contributed by atoms with E-state index in [0.717, 1.165) is 18.7 Å². The Labute approximate surface area is 167 Å². The maximum atomic E-state index is 12.6. The largest absolute Gasteiger partial charge is 0.454 e. The first-order chi connectivity index (χ1) is 14.1. The van der Waals surface area contributed by atoms with Gasteiger partial charge in [0.05, 0.1) is 24.2 Å². The van der Waals surface area contributed by atoms with E-state index in [-0.39, 0.29) is 24.4 Å². The molecule has 1 atom stereocenters. The maximum Gasteiger partial charge on any atom is 0.269 e. The highest BCUT2D eigenvalue weighted by Crippen LogP contribution is 2.35.